The smallest absolute Gasteiger partial charge is 0.340 e. The van der Waals surface area contributed by atoms with Crippen LogP contribution in [0.1, 0.15) is 13.8 Å². The molecule has 0 spiro atoms. The summed E-state index contributed by atoms with van der Waals surface area (Å²) in [5.41, 5.74) is -1.24. The summed E-state index contributed by atoms with van der Waals surface area (Å²) < 4.78 is 0. The zero-order chi connectivity index (χ0) is 19.3. The largest absolute Gasteiger partial charge is 0.381 e. The average Bonchev–Trinajstić information content (AvgIpc) is 2.58. The molecule has 1 N–H and O–H groups in total. The number of rotatable bonds is 7. The van der Waals surface area contributed by atoms with Crippen molar-refractivity contribution in [3.05, 3.63) is 40.6 Å². The van der Waals surface area contributed by atoms with Crippen LogP contribution < -0.4 is 10.2 Å². The summed E-state index contributed by atoms with van der Waals surface area (Å²) in [7, 11) is 0. The molecular formula is C16H17N3O6S. The number of nitro groups is 1. The maximum absolute atomic E-state index is 12.4. The van der Waals surface area contributed by atoms with Gasteiger partial charge < -0.3 is 5.32 Å². The van der Waals surface area contributed by atoms with E-state index in [-0.39, 0.29) is 34.0 Å². The third-order valence-electron chi connectivity index (χ3n) is 3.45. The third-order valence-corrected chi connectivity index (χ3v) is 4.31. The predicted octanol–water partition coefficient (Wildman–Crippen LogP) is 2.24. The maximum atomic E-state index is 12.4. The Morgan fingerprint density at radius 3 is 2.73 bits per heavy atom. The van der Waals surface area contributed by atoms with E-state index >= 15 is 0 Å². The molecule has 26 heavy (non-hydrogen) atoms. The zero-order valence-corrected chi connectivity index (χ0v) is 15.2. The maximum Gasteiger partial charge on any atom is 0.381 e. The van der Waals surface area contributed by atoms with Crippen molar-refractivity contribution >= 4 is 40.2 Å². The van der Waals surface area contributed by atoms with Crippen LogP contribution in [0, 0.1) is 10.1 Å². The van der Waals surface area contributed by atoms with Gasteiger partial charge in [0, 0.05) is 24.9 Å². The number of hydrogen-bond acceptors (Lipinski definition) is 8. The molecule has 1 amide bonds. The number of nitrogens with one attached hydrogen (secondary N) is 1. The van der Waals surface area contributed by atoms with Crippen molar-refractivity contribution in [1.82, 2.24) is 10.3 Å². The molecule has 1 aromatic heterocycles. The fourth-order valence-corrected chi connectivity index (χ4v) is 3.12. The summed E-state index contributed by atoms with van der Waals surface area (Å²) in [6.07, 6.45) is 3.22. The SMILES string of the molecule is CSCC(C)(NC(C)=O)C(=O)OOc1ccc([N+](=O)[O-])c2cccnc12. The highest BCUT2D eigenvalue weighted by Gasteiger charge is 2.37. The van der Waals surface area contributed by atoms with Crippen molar-refractivity contribution in [2.24, 2.45) is 0 Å². The lowest BCUT2D eigenvalue weighted by atomic mass is 10.1. The van der Waals surface area contributed by atoms with E-state index in [0.29, 0.717) is 0 Å². The highest BCUT2D eigenvalue weighted by Crippen LogP contribution is 2.31. The quantitative estimate of drug-likeness (QED) is 0.442. The van der Waals surface area contributed by atoms with Gasteiger partial charge in [-0.2, -0.15) is 11.8 Å². The van der Waals surface area contributed by atoms with Gasteiger partial charge in [0.15, 0.2) is 0 Å². The lowest BCUT2D eigenvalue weighted by molar-refractivity contribution is -0.383. The second-order valence-corrected chi connectivity index (χ2v) is 6.51. The number of fused-ring (bicyclic) bond motifs is 1. The highest BCUT2D eigenvalue weighted by molar-refractivity contribution is 7.98. The Morgan fingerprint density at radius 2 is 2.12 bits per heavy atom. The van der Waals surface area contributed by atoms with Gasteiger partial charge in [-0.3, -0.25) is 24.8 Å². The molecule has 0 bridgehead atoms. The molecule has 0 radical (unpaired) electrons. The molecule has 1 atom stereocenters. The highest BCUT2D eigenvalue weighted by atomic mass is 32.2. The molecule has 138 valence electrons. The Morgan fingerprint density at radius 1 is 1.38 bits per heavy atom. The second-order valence-electron chi connectivity index (χ2n) is 5.64. The first-order chi connectivity index (χ1) is 12.3. The van der Waals surface area contributed by atoms with Crippen LogP contribution in [0.3, 0.4) is 0 Å². The van der Waals surface area contributed by atoms with E-state index in [1.807, 2.05) is 0 Å². The van der Waals surface area contributed by atoms with Gasteiger partial charge in [0.05, 0.1) is 10.3 Å². The molecule has 0 aliphatic rings. The van der Waals surface area contributed by atoms with E-state index in [9.17, 15) is 19.7 Å². The van der Waals surface area contributed by atoms with E-state index in [4.69, 9.17) is 9.78 Å². The van der Waals surface area contributed by atoms with Gasteiger partial charge in [0.1, 0.15) is 11.1 Å². The minimum Gasteiger partial charge on any atom is -0.340 e. The van der Waals surface area contributed by atoms with Crippen LogP contribution in [-0.2, 0) is 14.5 Å². The number of nitro benzene ring substituents is 1. The van der Waals surface area contributed by atoms with Crippen molar-refractivity contribution in [2.45, 2.75) is 19.4 Å². The number of nitrogens with zero attached hydrogens (tertiary/aromatic N) is 2. The average molecular weight is 379 g/mol. The van der Waals surface area contributed by atoms with Gasteiger partial charge in [-0.25, -0.2) is 9.68 Å². The van der Waals surface area contributed by atoms with Crippen LogP contribution in [-0.4, -0.2) is 39.3 Å². The van der Waals surface area contributed by atoms with E-state index < -0.39 is 16.4 Å². The van der Waals surface area contributed by atoms with E-state index in [1.54, 1.807) is 12.3 Å². The molecule has 9 nitrogen and oxygen atoms in total. The summed E-state index contributed by atoms with van der Waals surface area (Å²) >= 11 is 1.35. The summed E-state index contributed by atoms with van der Waals surface area (Å²) in [6.45, 7) is 2.81. The number of hydrogen-bond donors (Lipinski definition) is 1. The molecule has 0 saturated heterocycles. The van der Waals surface area contributed by atoms with Crippen LogP contribution in [0.4, 0.5) is 5.69 Å². The molecule has 1 heterocycles. The molecule has 0 saturated carbocycles. The standard InChI is InChI=1S/C16H17N3O6S/c1-10(20)18-16(2,9-26-3)15(21)25-24-13-7-6-12(19(22)23)11-5-4-8-17-14(11)13/h4-8H,9H2,1-3H3,(H,18,20). The van der Waals surface area contributed by atoms with Gasteiger partial charge in [-0.05, 0) is 31.4 Å². The molecule has 2 aromatic rings. The molecule has 1 unspecified atom stereocenters. The minimum absolute atomic E-state index is 0.0499. The Kier molecular flexibility index (Phi) is 5.98. The van der Waals surface area contributed by atoms with Crippen molar-refractivity contribution < 1.29 is 24.3 Å². The number of thioether (sulfide) groups is 1. The van der Waals surface area contributed by atoms with Crippen molar-refractivity contribution in [1.29, 1.82) is 0 Å². The Labute approximate surface area is 153 Å². The van der Waals surface area contributed by atoms with Crippen molar-refractivity contribution in [3.63, 3.8) is 0 Å². The fraction of sp³-hybridized carbons (Fsp3) is 0.312. The number of carbonyl (C=O) groups excluding carboxylic acids is 2. The molecular weight excluding hydrogens is 362 g/mol. The van der Waals surface area contributed by atoms with Gasteiger partial charge >= 0.3 is 5.97 Å². The molecule has 0 fully saturated rings. The number of amides is 1. The van der Waals surface area contributed by atoms with E-state index in [2.05, 4.69) is 10.3 Å². The lowest BCUT2D eigenvalue weighted by Crippen LogP contribution is -2.54. The summed E-state index contributed by atoms with van der Waals surface area (Å²) in [6, 6.07) is 5.61. The first-order valence-corrected chi connectivity index (χ1v) is 8.86. The first-order valence-electron chi connectivity index (χ1n) is 7.47. The Bertz CT molecular complexity index is 859. The third kappa shape index (κ3) is 4.20. The van der Waals surface area contributed by atoms with Crippen LogP contribution in [0.15, 0.2) is 30.5 Å². The van der Waals surface area contributed by atoms with Crippen LogP contribution in [0.5, 0.6) is 5.75 Å². The topological polar surface area (TPSA) is 121 Å². The first kappa shape index (κ1) is 19.4. The molecule has 10 heteroatoms. The second kappa shape index (κ2) is 8.00. The van der Waals surface area contributed by atoms with Gasteiger partial charge in [-0.1, -0.05) is 0 Å². The zero-order valence-electron chi connectivity index (χ0n) is 14.3. The predicted molar refractivity (Wildman–Crippen MR) is 95.7 cm³/mol. The number of non-ortho nitro benzene ring substituents is 1. The molecule has 2 rings (SSSR count). The monoisotopic (exact) mass is 379 g/mol. The normalized spacial score (nSPS) is 12.9. The van der Waals surface area contributed by atoms with Crippen molar-refractivity contribution in [3.8, 4) is 5.75 Å². The Hall–Kier alpha value is -2.88. The van der Waals surface area contributed by atoms with Gasteiger partial charge in [0.25, 0.3) is 5.69 Å². The lowest BCUT2D eigenvalue weighted by Gasteiger charge is -2.26. The number of benzene rings is 1. The van der Waals surface area contributed by atoms with Crippen LogP contribution in [0.25, 0.3) is 10.9 Å². The number of carbonyl (C=O) groups is 2. The van der Waals surface area contributed by atoms with E-state index in [0.717, 1.165) is 0 Å². The number of aromatic nitrogens is 1. The summed E-state index contributed by atoms with van der Waals surface area (Å²) in [5.74, 6) is -0.868. The van der Waals surface area contributed by atoms with Crippen LogP contribution in [0.2, 0.25) is 0 Å². The van der Waals surface area contributed by atoms with Gasteiger partial charge in [-0.15, -0.1) is 0 Å². The van der Waals surface area contributed by atoms with Gasteiger partial charge in [0.2, 0.25) is 11.7 Å². The minimum atomic E-state index is -1.28. The molecule has 0 aliphatic heterocycles. The molecule has 0 aliphatic carbocycles. The van der Waals surface area contributed by atoms with Crippen LogP contribution >= 0.6 is 11.8 Å². The Balaban J connectivity index is 2.26. The summed E-state index contributed by atoms with van der Waals surface area (Å²) in [5, 5.41) is 13.9. The summed E-state index contributed by atoms with van der Waals surface area (Å²) in [4.78, 5) is 48.3. The van der Waals surface area contributed by atoms with Crippen molar-refractivity contribution in [2.75, 3.05) is 12.0 Å². The molecule has 1 aromatic carbocycles. The fourth-order valence-electron chi connectivity index (χ4n) is 2.36. The van der Waals surface area contributed by atoms with E-state index in [1.165, 1.54) is 50.0 Å². The number of pyridine rings is 1.